The average molecular weight is 1370 g/mol. The summed E-state index contributed by atoms with van der Waals surface area (Å²) in [5.41, 5.74) is 29.4. The summed E-state index contributed by atoms with van der Waals surface area (Å²) in [5.74, 6) is 2.02. The maximum Gasteiger partial charge on any atom is 4.00 e. The van der Waals surface area contributed by atoms with Gasteiger partial charge in [-0.05, 0) is 78.0 Å². The summed E-state index contributed by atoms with van der Waals surface area (Å²) in [5, 5.41) is 8.65. The fourth-order valence-corrected chi connectivity index (χ4v) is 8.51. The van der Waals surface area contributed by atoms with Gasteiger partial charge in [0.15, 0.2) is 0 Å². The maximum atomic E-state index is 4.33. The van der Waals surface area contributed by atoms with Crippen LogP contribution >= 0.6 is 0 Å². The molecule has 2 saturated heterocycles. The Labute approximate surface area is 445 Å². The zero-order valence-corrected chi connectivity index (χ0v) is 53.6. The van der Waals surface area contributed by atoms with Crippen molar-refractivity contribution in [1.29, 1.82) is 0 Å². The summed E-state index contributed by atoms with van der Waals surface area (Å²) in [7, 11) is 0. The Balaban J connectivity index is 0.000000725. The third-order valence-corrected chi connectivity index (χ3v) is 15.2. The van der Waals surface area contributed by atoms with Gasteiger partial charge in [0.25, 0.3) is 0 Å². The SMILES string of the molecule is C1CN=C2[N-]CCCN2C1.C1CN=C2[N-]CCCN2C1.Cc1c(C)c(C)[c-](C)c1C.Cc1c(C)c(C)[c-](C)c1C.Cc1c(C)c(C)[c-](C)c1C.Cc1c(C)c(C)[c-](C)c1C.[Se-2].[U+4].[U+4]. The Morgan fingerprint density at radius 1 is 0.349 bits per heavy atom. The molecule has 0 N–H and O–H groups in total. The first-order valence-electron chi connectivity index (χ1n) is 22.9. The molecule has 4 aromatic carbocycles. The van der Waals surface area contributed by atoms with Crippen LogP contribution in [0.3, 0.4) is 0 Å². The van der Waals surface area contributed by atoms with E-state index in [1.807, 2.05) is 0 Å². The van der Waals surface area contributed by atoms with Crippen molar-refractivity contribution >= 4 is 29.0 Å². The van der Waals surface area contributed by atoms with Gasteiger partial charge in [0.1, 0.15) is 0 Å². The minimum Gasteiger partial charge on any atom is -2.00 e. The first-order valence-corrected chi connectivity index (χ1v) is 22.9. The van der Waals surface area contributed by atoms with Crippen LogP contribution < -0.4 is 0 Å². The Morgan fingerprint density at radius 2 is 0.540 bits per heavy atom. The van der Waals surface area contributed by atoms with Crippen LogP contribution in [0.25, 0.3) is 10.6 Å². The summed E-state index contributed by atoms with van der Waals surface area (Å²) in [4.78, 5) is 13.2. The van der Waals surface area contributed by atoms with Crippen LogP contribution in [0.15, 0.2) is 9.98 Å². The zero-order valence-electron chi connectivity index (χ0n) is 43.6. The predicted octanol–water partition coefficient (Wildman–Crippen LogP) is 13.1. The number of aliphatic imine (C=N–C) groups is 2. The van der Waals surface area contributed by atoms with E-state index >= 15 is 0 Å². The van der Waals surface area contributed by atoms with Crippen LogP contribution in [-0.2, 0) is 0 Å². The summed E-state index contributed by atoms with van der Waals surface area (Å²) in [6.45, 7) is 52.6. The second-order valence-electron chi connectivity index (χ2n) is 18.0. The molecule has 0 saturated carbocycles. The summed E-state index contributed by atoms with van der Waals surface area (Å²) in [6.07, 6.45) is 4.83. The molecule has 0 spiro atoms. The standard InChI is InChI=1S/4C10H15.2C7H12N3.Se.2U/c4*1-6-7(2)9(4)10(5)8(6)3;2*1-3-8-7-9-4-2-6-10(7)5-1;;;/h4*1-5H3;2*1-6H2;;;/q6*-1;-2;2*+4. The van der Waals surface area contributed by atoms with Crippen LogP contribution in [0, 0.1) is 201 Å². The molecule has 0 aromatic heterocycles. The fourth-order valence-electron chi connectivity index (χ4n) is 8.51. The van der Waals surface area contributed by atoms with Crippen molar-refractivity contribution in [2.24, 2.45) is 9.98 Å². The average Bonchev–Trinajstić information content (AvgIpc) is 3.71. The maximum absolute atomic E-state index is 4.33. The Morgan fingerprint density at radius 3 is 0.698 bits per heavy atom. The van der Waals surface area contributed by atoms with Crippen LogP contribution in [0.1, 0.15) is 137 Å². The van der Waals surface area contributed by atoms with E-state index in [1.54, 1.807) is 0 Å². The van der Waals surface area contributed by atoms with Gasteiger partial charge in [0, 0.05) is 11.9 Å². The quantitative estimate of drug-likeness (QED) is 0.130. The van der Waals surface area contributed by atoms with E-state index in [2.05, 4.69) is 169 Å². The second kappa shape index (κ2) is 28.7. The molecule has 6 nitrogen and oxygen atoms in total. The van der Waals surface area contributed by atoms with Gasteiger partial charge in [0.05, 0.1) is 0 Å². The number of nitrogens with zero attached hydrogens (tertiary/aromatic N) is 6. The molecule has 4 aliphatic heterocycles. The van der Waals surface area contributed by atoms with Crippen molar-refractivity contribution < 1.29 is 62.2 Å². The van der Waals surface area contributed by atoms with E-state index in [-0.39, 0.29) is 79.3 Å². The molecular formula is C54H84N6SeU2. The van der Waals surface area contributed by atoms with E-state index in [9.17, 15) is 0 Å². The molecule has 0 amide bonds. The molecule has 4 aromatic rings. The van der Waals surface area contributed by atoms with Crippen molar-refractivity contribution in [3.8, 4) is 0 Å². The first-order chi connectivity index (χ1) is 28.1. The predicted molar refractivity (Wildman–Crippen MR) is 271 cm³/mol. The molecule has 0 unspecified atom stereocenters. The smallest absolute Gasteiger partial charge is 2.00 e. The zero-order chi connectivity index (χ0) is 45.2. The second-order valence-corrected chi connectivity index (χ2v) is 18.0. The monoisotopic (exact) mass is 1370 g/mol. The Hall–Kier alpha value is -1.44. The van der Waals surface area contributed by atoms with Crippen LogP contribution in [0.2, 0.25) is 0 Å². The molecule has 0 atom stereocenters. The number of hydrogen-bond acceptors (Lipinski definition) is 4. The molecule has 63 heavy (non-hydrogen) atoms. The van der Waals surface area contributed by atoms with E-state index in [0.29, 0.717) is 0 Å². The Bertz CT molecular complexity index is 1520. The molecule has 4 heterocycles. The molecule has 4 aliphatic rings. The molecule has 0 bridgehead atoms. The van der Waals surface area contributed by atoms with Gasteiger partial charge in [-0.3, -0.25) is 0 Å². The topological polar surface area (TPSA) is 59.4 Å². The molecule has 0 aliphatic carbocycles. The van der Waals surface area contributed by atoms with Crippen molar-refractivity contribution in [3.05, 3.63) is 122 Å². The van der Waals surface area contributed by atoms with E-state index in [4.69, 9.17) is 0 Å². The van der Waals surface area contributed by atoms with Gasteiger partial charge < -0.3 is 47.5 Å². The van der Waals surface area contributed by atoms with E-state index in [0.717, 1.165) is 38.1 Å². The summed E-state index contributed by atoms with van der Waals surface area (Å²) < 4.78 is 0. The van der Waals surface area contributed by atoms with E-state index < -0.39 is 0 Å². The number of hydrogen-bond donors (Lipinski definition) is 0. The van der Waals surface area contributed by atoms with Crippen LogP contribution in [0.4, 0.5) is 0 Å². The molecule has 344 valence electrons. The van der Waals surface area contributed by atoms with Gasteiger partial charge in [-0.15, -0.1) is 0 Å². The number of fused-ring (bicyclic) bond motifs is 2. The Kier molecular flexibility index (Phi) is 28.0. The van der Waals surface area contributed by atoms with Crippen LogP contribution in [0.5, 0.6) is 0 Å². The molecule has 0 radical (unpaired) electrons. The van der Waals surface area contributed by atoms with Crippen molar-refractivity contribution in [1.82, 2.24) is 9.80 Å². The van der Waals surface area contributed by atoms with E-state index in [1.165, 1.54) is 163 Å². The summed E-state index contributed by atoms with van der Waals surface area (Å²) in [6, 6.07) is 0. The third kappa shape index (κ3) is 15.8. The van der Waals surface area contributed by atoms with Crippen molar-refractivity contribution in [3.63, 3.8) is 0 Å². The van der Waals surface area contributed by atoms with Crippen LogP contribution in [-0.4, -0.2) is 91.1 Å². The fraction of sp³-hybridized carbons (Fsp3) is 0.593. The summed E-state index contributed by atoms with van der Waals surface area (Å²) >= 11 is 0. The van der Waals surface area contributed by atoms with Gasteiger partial charge in [0.2, 0.25) is 0 Å². The van der Waals surface area contributed by atoms with Gasteiger partial charge in [-0.1, -0.05) is 138 Å². The van der Waals surface area contributed by atoms with Gasteiger partial charge in [-0.2, -0.15) is 111 Å². The normalized spacial score (nSPS) is 14.5. The minimum atomic E-state index is 0. The largest absolute Gasteiger partial charge is 4.00 e. The van der Waals surface area contributed by atoms with Crippen molar-refractivity contribution in [2.45, 2.75) is 164 Å². The number of guanidine groups is 2. The first kappa shape index (κ1) is 61.6. The molecular weight excluding hydrogens is 1290 g/mol. The molecule has 8 rings (SSSR count). The minimum absolute atomic E-state index is 0. The number of rotatable bonds is 0. The van der Waals surface area contributed by atoms with Crippen molar-refractivity contribution in [2.75, 3.05) is 52.4 Å². The molecule has 2 fully saturated rings. The third-order valence-electron chi connectivity index (χ3n) is 15.2. The van der Waals surface area contributed by atoms with Gasteiger partial charge >= 0.3 is 62.2 Å². The molecule has 9 heteroatoms. The van der Waals surface area contributed by atoms with Gasteiger partial charge in [-0.25, -0.2) is 0 Å².